The molecule has 33 heavy (non-hydrogen) atoms. The van der Waals surface area contributed by atoms with Crippen LogP contribution in [0.25, 0.3) is 11.3 Å². The van der Waals surface area contributed by atoms with E-state index in [-0.39, 0.29) is 19.1 Å². The van der Waals surface area contributed by atoms with Crippen LogP contribution in [0.5, 0.6) is 17.2 Å². The van der Waals surface area contributed by atoms with E-state index in [1.54, 1.807) is 31.4 Å². The number of ether oxygens (including phenoxy) is 3. The lowest BCUT2D eigenvalue weighted by molar-refractivity contribution is -0.120. The largest absolute Gasteiger partial charge is 0.497 e. The number of thiazole rings is 1. The van der Waals surface area contributed by atoms with E-state index < -0.39 is 0 Å². The summed E-state index contributed by atoms with van der Waals surface area (Å²) in [6, 6.07) is 16.7. The minimum atomic E-state index is -0.231. The lowest BCUT2D eigenvalue weighted by Gasteiger charge is -2.19. The molecule has 1 amide bonds. The van der Waals surface area contributed by atoms with E-state index in [0.717, 1.165) is 11.1 Å². The molecule has 170 valence electrons. The SMILES string of the molecule is COc1ccc(OC)c(-c2csc(N(Cc3ccco3)C(=O)COc3ccc(C)cc3)n2)c1. The maximum Gasteiger partial charge on any atom is 0.267 e. The number of nitrogens with zero attached hydrogens (tertiary/aromatic N) is 2. The van der Waals surface area contributed by atoms with Gasteiger partial charge in [-0.3, -0.25) is 9.69 Å². The van der Waals surface area contributed by atoms with Crippen LogP contribution < -0.4 is 19.1 Å². The molecular formula is C25H24N2O5S. The van der Waals surface area contributed by atoms with Gasteiger partial charge in [0, 0.05) is 10.9 Å². The molecule has 0 aliphatic carbocycles. The molecule has 0 saturated carbocycles. The van der Waals surface area contributed by atoms with Crippen molar-refractivity contribution in [2.75, 3.05) is 25.7 Å². The molecule has 7 nitrogen and oxygen atoms in total. The number of hydrogen-bond acceptors (Lipinski definition) is 7. The Morgan fingerprint density at radius 1 is 1.06 bits per heavy atom. The third-order valence-corrected chi connectivity index (χ3v) is 5.85. The molecule has 0 N–H and O–H groups in total. The molecule has 0 unspecified atom stereocenters. The van der Waals surface area contributed by atoms with Crippen LogP contribution in [-0.4, -0.2) is 31.7 Å². The zero-order chi connectivity index (χ0) is 23.2. The molecule has 8 heteroatoms. The fourth-order valence-corrected chi connectivity index (χ4v) is 4.05. The van der Waals surface area contributed by atoms with E-state index in [4.69, 9.17) is 23.6 Å². The number of rotatable bonds is 9. The topological polar surface area (TPSA) is 74.0 Å². The molecule has 0 radical (unpaired) electrons. The van der Waals surface area contributed by atoms with E-state index in [0.29, 0.717) is 33.8 Å². The highest BCUT2D eigenvalue weighted by molar-refractivity contribution is 7.14. The molecule has 0 aliphatic heterocycles. The Hall–Kier alpha value is -3.78. The van der Waals surface area contributed by atoms with Gasteiger partial charge in [0.15, 0.2) is 11.7 Å². The lowest BCUT2D eigenvalue weighted by Crippen LogP contribution is -2.34. The fraction of sp³-hybridized carbons (Fsp3) is 0.200. The van der Waals surface area contributed by atoms with Crippen LogP contribution >= 0.6 is 11.3 Å². The van der Waals surface area contributed by atoms with E-state index in [9.17, 15) is 4.79 Å². The Labute approximate surface area is 196 Å². The van der Waals surface area contributed by atoms with Crippen molar-refractivity contribution in [3.05, 3.63) is 77.6 Å². The van der Waals surface area contributed by atoms with Crippen LogP contribution in [0.1, 0.15) is 11.3 Å². The zero-order valence-electron chi connectivity index (χ0n) is 18.6. The van der Waals surface area contributed by atoms with Crippen molar-refractivity contribution in [2.45, 2.75) is 13.5 Å². The normalized spacial score (nSPS) is 10.6. The summed E-state index contributed by atoms with van der Waals surface area (Å²) in [5.74, 6) is 2.40. The molecule has 0 bridgehead atoms. The predicted molar refractivity (Wildman–Crippen MR) is 127 cm³/mol. The Morgan fingerprint density at radius 2 is 1.85 bits per heavy atom. The van der Waals surface area contributed by atoms with Crippen LogP contribution in [0.3, 0.4) is 0 Å². The van der Waals surface area contributed by atoms with Gasteiger partial charge in [-0.2, -0.15) is 0 Å². The maximum atomic E-state index is 13.2. The van der Waals surface area contributed by atoms with Gasteiger partial charge in [-0.15, -0.1) is 11.3 Å². The van der Waals surface area contributed by atoms with Crippen LogP contribution in [0.4, 0.5) is 5.13 Å². The molecule has 4 aromatic rings. The number of methoxy groups -OCH3 is 2. The monoisotopic (exact) mass is 464 g/mol. The van der Waals surface area contributed by atoms with Gasteiger partial charge in [-0.25, -0.2) is 4.98 Å². The van der Waals surface area contributed by atoms with E-state index in [2.05, 4.69) is 0 Å². The number of carbonyl (C=O) groups is 1. The van der Waals surface area contributed by atoms with Crippen molar-refractivity contribution >= 4 is 22.4 Å². The summed E-state index contributed by atoms with van der Waals surface area (Å²) in [7, 11) is 3.21. The van der Waals surface area contributed by atoms with Crippen molar-refractivity contribution in [2.24, 2.45) is 0 Å². The molecule has 2 aromatic heterocycles. The molecular weight excluding hydrogens is 440 g/mol. The average Bonchev–Trinajstić information content (AvgIpc) is 3.54. The highest BCUT2D eigenvalue weighted by Crippen LogP contribution is 2.36. The van der Waals surface area contributed by atoms with Gasteiger partial charge in [-0.05, 0) is 49.4 Å². The van der Waals surface area contributed by atoms with Crippen molar-refractivity contribution in [1.29, 1.82) is 0 Å². The van der Waals surface area contributed by atoms with Gasteiger partial charge in [0.2, 0.25) is 0 Å². The number of anilines is 1. The molecule has 2 heterocycles. The van der Waals surface area contributed by atoms with Crippen LogP contribution in [-0.2, 0) is 11.3 Å². The van der Waals surface area contributed by atoms with E-state index in [1.807, 2.05) is 60.8 Å². The molecule has 0 spiro atoms. The molecule has 0 atom stereocenters. The first-order valence-electron chi connectivity index (χ1n) is 10.3. The van der Waals surface area contributed by atoms with Crippen molar-refractivity contribution in [3.8, 4) is 28.5 Å². The quantitative estimate of drug-likeness (QED) is 0.333. The molecule has 2 aromatic carbocycles. The van der Waals surface area contributed by atoms with Crippen LogP contribution in [0.15, 0.2) is 70.7 Å². The Kier molecular flexibility index (Phi) is 6.95. The summed E-state index contributed by atoms with van der Waals surface area (Å²) < 4.78 is 22.0. The summed E-state index contributed by atoms with van der Waals surface area (Å²) >= 11 is 1.36. The summed E-state index contributed by atoms with van der Waals surface area (Å²) in [6.45, 7) is 2.11. The molecule has 0 aliphatic rings. The highest BCUT2D eigenvalue weighted by Gasteiger charge is 2.22. The highest BCUT2D eigenvalue weighted by atomic mass is 32.1. The summed E-state index contributed by atoms with van der Waals surface area (Å²) in [4.78, 5) is 19.4. The zero-order valence-corrected chi connectivity index (χ0v) is 19.4. The van der Waals surface area contributed by atoms with Gasteiger partial charge in [0.1, 0.15) is 23.0 Å². The summed E-state index contributed by atoms with van der Waals surface area (Å²) in [5, 5.41) is 2.42. The van der Waals surface area contributed by atoms with Gasteiger partial charge in [0.25, 0.3) is 5.91 Å². The second-order valence-electron chi connectivity index (χ2n) is 7.24. The lowest BCUT2D eigenvalue weighted by atomic mass is 10.1. The van der Waals surface area contributed by atoms with Crippen molar-refractivity contribution < 1.29 is 23.4 Å². The summed E-state index contributed by atoms with van der Waals surface area (Å²) in [5.41, 5.74) is 2.58. The smallest absolute Gasteiger partial charge is 0.267 e. The van der Waals surface area contributed by atoms with Crippen molar-refractivity contribution in [1.82, 2.24) is 4.98 Å². The predicted octanol–water partition coefficient (Wildman–Crippen LogP) is 5.34. The number of amides is 1. The number of hydrogen-bond donors (Lipinski definition) is 0. The van der Waals surface area contributed by atoms with Gasteiger partial charge >= 0.3 is 0 Å². The van der Waals surface area contributed by atoms with E-state index >= 15 is 0 Å². The first kappa shape index (κ1) is 22.4. The van der Waals surface area contributed by atoms with Crippen molar-refractivity contribution in [3.63, 3.8) is 0 Å². The Balaban J connectivity index is 1.59. The molecule has 0 saturated heterocycles. The van der Waals surface area contributed by atoms with Crippen LogP contribution in [0, 0.1) is 6.92 Å². The van der Waals surface area contributed by atoms with Gasteiger partial charge in [-0.1, -0.05) is 17.7 Å². The Morgan fingerprint density at radius 3 is 2.55 bits per heavy atom. The number of aromatic nitrogens is 1. The standard InChI is InChI=1S/C25H24N2O5S/c1-17-6-8-18(9-7-17)32-15-24(28)27(14-20-5-4-12-31-20)25-26-22(16-33-25)21-13-19(29-2)10-11-23(21)30-3/h4-13,16H,14-15H2,1-3H3. The third kappa shape index (κ3) is 5.35. The van der Waals surface area contributed by atoms with Gasteiger partial charge in [0.05, 0.1) is 32.7 Å². The maximum absolute atomic E-state index is 13.2. The second kappa shape index (κ2) is 10.2. The molecule has 0 fully saturated rings. The van der Waals surface area contributed by atoms with Gasteiger partial charge < -0.3 is 18.6 Å². The summed E-state index contributed by atoms with van der Waals surface area (Å²) in [6.07, 6.45) is 1.58. The minimum absolute atomic E-state index is 0.124. The first-order chi connectivity index (χ1) is 16.1. The fourth-order valence-electron chi connectivity index (χ4n) is 3.20. The van der Waals surface area contributed by atoms with E-state index in [1.165, 1.54) is 11.3 Å². The minimum Gasteiger partial charge on any atom is -0.497 e. The Bertz CT molecular complexity index is 1200. The number of aryl methyl sites for hydroxylation is 1. The number of carbonyl (C=O) groups excluding carboxylic acids is 1. The average molecular weight is 465 g/mol. The second-order valence-corrected chi connectivity index (χ2v) is 8.08. The number of furan rings is 1. The van der Waals surface area contributed by atoms with Crippen LogP contribution in [0.2, 0.25) is 0 Å². The number of benzene rings is 2. The third-order valence-electron chi connectivity index (χ3n) is 4.98. The first-order valence-corrected chi connectivity index (χ1v) is 11.2. The molecule has 4 rings (SSSR count).